The summed E-state index contributed by atoms with van der Waals surface area (Å²) in [7, 11) is 0. The van der Waals surface area contributed by atoms with Crippen LogP contribution in [-0.4, -0.2) is 23.0 Å². The van der Waals surface area contributed by atoms with Crippen LogP contribution in [0.4, 0.5) is 15.8 Å². The standard InChI is InChI=1S/C14H18FN3S/c1-9(19-2)5-7-18-14-11(15)8-12(16)10-4-3-6-17-13(10)14/h3-4,6,8-9,18H,5,7,16H2,1-2H3. The summed E-state index contributed by atoms with van der Waals surface area (Å²) in [6.07, 6.45) is 4.70. The molecule has 0 radical (unpaired) electrons. The first-order valence-corrected chi connectivity index (χ1v) is 7.51. The second-order valence-electron chi connectivity index (χ2n) is 4.48. The maximum Gasteiger partial charge on any atom is 0.150 e. The Morgan fingerprint density at radius 1 is 1.53 bits per heavy atom. The molecular weight excluding hydrogens is 261 g/mol. The molecule has 102 valence electrons. The van der Waals surface area contributed by atoms with Crippen LogP contribution in [0.1, 0.15) is 13.3 Å². The monoisotopic (exact) mass is 279 g/mol. The number of benzene rings is 1. The third-order valence-corrected chi connectivity index (χ3v) is 4.17. The van der Waals surface area contributed by atoms with Crippen LogP contribution in [0.25, 0.3) is 10.9 Å². The zero-order chi connectivity index (χ0) is 13.8. The Labute approximate surface area is 116 Å². The molecule has 1 unspecified atom stereocenters. The molecule has 19 heavy (non-hydrogen) atoms. The first-order valence-electron chi connectivity index (χ1n) is 6.23. The number of nitrogen functional groups attached to an aromatic ring is 1. The van der Waals surface area contributed by atoms with Crippen LogP contribution >= 0.6 is 11.8 Å². The number of thioether (sulfide) groups is 1. The third kappa shape index (κ3) is 3.10. The summed E-state index contributed by atoms with van der Waals surface area (Å²) in [4.78, 5) is 4.23. The lowest BCUT2D eigenvalue weighted by Gasteiger charge is -2.13. The van der Waals surface area contributed by atoms with Crippen molar-refractivity contribution in [3.05, 3.63) is 30.2 Å². The summed E-state index contributed by atoms with van der Waals surface area (Å²) < 4.78 is 14.0. The van der Waals surface area contributed by atoms with Crippen LogP contribution < -0.4 is 11.1 Å². The van der Waals surface area contributed by atoms with Gasteiger partial charge in [-0.15, -0.1) is 0 Å². The molecule has 2 aromatic rings. The van der Waals surface area contributed by atoms with Crippen molar-refractivity contribution in [1.29, 1.82) is 0 Å². The zero-order valence-corrected chi connectivity index (χ0v) is 11.9. The summed E-state index contributed by atoms with van der Waals surface area (Å²) in [5.74, 6) is -0.347. The van der Waals surface area contributed by atoms with Crippen LogP contribution in [0.3, 0.4) is 0 Å². The average molecular weight is 279 g/mol. The van der Waals surface area contributed by atoms with Gasteiger partial charge in [0.2, 0.25) is 0 Å². The van der Waals surface area contributed by atoms with Crippen molar-refractivity contribution in [3.8, 4) is 0 Å². The molecule has 0 saturated heterocycles. The van der Waals surface area contributed by atoms with Gasteiger partial charge in [-0.2, -0.15) is 11.8 Å². The van der Waals surface area contributed by atoms with Crippen molar-refractivity contribution in [2.24, 2.45) is 0 Å². The molecule has 3 nitrogen and oxygen atoms in total. The van der Waals surface area contributed by atoms with E-state index in [9.17, 15) is 4.39 Å². The molecule has 1 heterocycles. The normalized spacial score (nSPS) is 12.6. The number of pyridine rings is 1. The van der Waals surface area contributed by atoms with Gasteiger partial charge < -0.3 is 11.1 Å². The Hall–Kier alpha value is -1.49. The van der Waals surface area contributed by atoms with Gasteiger partial charge in [0, 0.05) is 29.1 Å². The molecule has 2 rings (SSSR count). The Bertz CT molecular complexity index is 574. The van der Waals surface area contributed by atoms with E-state index in [-0.39, 0.29) is 5.82 Å². The molecule has 1 atom stereocenters. The SMILES string of the molecule is CSC(C)CCNc1c(F)cc(N)c2cccnc12. The Balaban J connectivity index is 2.27. The smallest absolute Gasteiger partial charge is 0.150 e. The molecule has 0 bridgehead atoms. The predicted octanol–water partition coefficient (Wildman–Crippen LogP) is 3.51. The fourth-order valence-electron chi connectivity index (χ4n) is 1.92. The number of hydrogen-bond donors (Lipinski definition) is 2. The number of aromatic nitrogens is 1. The Morgan fingerprint density at radius 3 is 3.05 bits per heavy atom. The van der Waals surface area contributed by atoms with E-state index in [4.69, 9.17) is 5.73 Å². The van der Waals surface area contributed by atoms with Crippen molar-refractivity contribution < 1.29 is 4.39 Å². The lowest BCUT2D eigenvalue weighted by molar-refractivity contribution is 0.631. The molecule has 0 fully saturated rings. The molecule has 1 aromatic heterocycles. The molecule has 0 saturated carbocycles. The number of hydrogen-bond acceptors (Lipinski definition) is 4. The first-order chi connectivity index (χ1) is 9.13. The van der Waals surface area contributed by atoms with Gasteiger partial charge in [-0.1, -0.05) is 6.92 Å². The summed E-state index contributed by atoms with van der Waals surface area (Å²) in [6, 6.07) is 5.01. The van der Waals surface area contributed by atoms with Crippen LogP contribution in [-0.2, 0) is 0 Å². The molecule has 5 heteroatoms. The molecule has 3 N–H and O–H groups in total. The highest BCUT2D eigenvalue weighted by atomic mass is 32.2. The zero-order valence-electron chi connectivity index (χ0n) is 11.1. The van der Waals surface area contributed by atoms with Crippen molar-refractivity contribution in [1.82, 2.24) is 4.98 Å². The number of nitrogens with zero attached hydrogens (tertiary/aromatic N) is 1. The summed E-state index contributed by atoms with van der Waals surface area (Å²) in [6.45, 7) is 2.87. The second-order valence-corrected chi connectivity index (χ2v) is 5.76. The second kappa shape index (κ2) is 6.10. The minimum absolute atomic E-state index is 0.347. The lowest BCUT2D eigenvalue weighted by atomic mass is 10.1. The van der Waals surface area contributed by atoms with Gasteiger partial charge in [0.25, 0.3) is 0 Å². The van der Waals surface area contributed by atoms with Crippen LogP contribution in [0.15, 0.2) is 24.4 Å². The minimum atomic E-state index is -0.347. The maximum atomic E-state index is 14.0. The third-order valence-electron chi connectivity index (χ3n) is 3.13. The molecular formula is C14H18FN3S. The van der Waals surface area contributed by atoms with Gasteiger partial charge in [-0.25, -0.2) is 4.39 Å². The van der Waals surface area contributed by atoms with Gasteiger partial charge in [0.15, 0.2) is 5.82 Å². The van der Waals surface area contributed by atoms with Gasteiger partial charge in [0.05, 0.1) is 11.2 Å². The molecule has 0 spiro atoms. The quantitative estimate of drug-likeness (QED) is 0.822. The van der Waals surface area contributed by atoms with Crippen molar-refractivity contribution in [3.63, 3.8) is 0 Å². The summed E-state index contributed by atoms with van der Waals surface area (Å²) in [5, 5.41) is 4.47. The number of halogens is 1. The lowest BCUT2D eigenvalue weighted by Crippen LogP contribution is -2.10. The van der Waals surface area contributed by atoms with E-state index in [0.29, 0.717) is 28.7 Å². The largest absolute Gasteiger partial charge is 0.398 e. The van der Waals surface area contributed by atoms with Crippen LogP contribution in [0.2, 0.25) is 0 Å². The van der Waals surface area contributed by atoms with E-state index < -0.39 is 0 Å². The van der Waals surface area contributed by atoms with E-state index in [1.54, 1.807) is 24.0 Å². The highest BCUT2D eigenvalue weighted by molar-refractivity contribution is 7.99. The van der Waals surface area contributed by atoms with Gasteiger partial charge in [-0.05, 0) is 30.9 Å². The first kappa shape index (κ1) is 13.9. The number of nitrogens with one attached hydrogen (secondary N) is 1. The number of nitrogens with two attached hydrogens (primary N) is 1. The number of rotatable bonds is 5. The van der Waals surface area contributed by atoms with Crippen LogP contribution in [0.5, 0.6) is 0 Å². The van der Waals surface area contributed by atoms with Gasteiger partial charge in [0.1, 0.15) is 0 Å². The Kier molecular flexibility index (Phi) is 4.47. The molecule has 1 aromatic carbocycles. The Morgan fingerprint density at radius 2 is 2.32 bits per heavy atom. The van der Waals surface area contributed by atoms with E-state index in [2.05, 4.69) is 23.5 Å². The number of fused-ring (bicyclic) bond motifs is 1. The number of anilines is 2. The van der Waals surface area contributed by atoms with E-state index in [1.807, 2.05) is 6.07 Å². The molecule has 0 aliphatic carbocycles. The maximum absolute atomic E-state index is 14.0. The summed E-state index contributed by atoms with van der Waals surface area (Å²) in [5.41, 5.74) is 7.27. The fraction of sp³-hybridized carbons (Fsp3) is 0.357. The van der Waals surface area contributed by atoms with Gasteiger partial charge >= 0.3 is 0 Å². The topological polar surface area (TPSA) is 50.9 Å². The van der Waals surface area contributed by atoms with Crippen molar-refractivity contribution >= 4 is 34.0 Å². The molecule has 0 aliphatic rings. The highest BCUT2D eigenvalue weighted by Gasteiger charge is 2.11. The molecule has 0 aliphatic heterocycles. The van der Waals surface area contributed by atoms with Crippen LogP contribution in [0, 0.1) is 5.82 Å². The summed E-state index contributed by atoms with van der Waals surface area (Å²) >= 11 is 1.80. The van der Waals surface area contributed by atoms with Gasteiger partial charge in [-0.3, -0.25) is 4.98 Å². The average Bonchev–Trinajstić information content (AvgIpc) is 2.42. The predicted molar refractivity (Wildman–Crippen MR) is 82.2 cm³/mol. The van der Waals surface area contributed by atoms with Crippen molar-refractivity contribution in [2.45, 2.75) is 18.6 Å². The fourth-order valence-corrected chi connectivity index (χ4v) is 2.28. The van der Waals surface area contributed by atoms with E-state index in [1.165, 1.54) is 6.07 Å². The molecule has 0 amide bonds. The van der Waals surface area contributed by atoms with E-state index >= 15 is 0 Å². The van der Waals surface area contributed by atoms with Crippen molar-refractivity contribution in [2.75, 3.05) is 23.9 Å². The highest BCUT2D eigenvalue weighted by Crippen LogP contribution is 2.29. The minimum Gasteiger partial charge on any atom is -0.398 e. The van der Waals surface area contributed by atoms with E-state index in [0.717, 1.165) is 11.8 Å².